The molecule has 2 aromatic carbocycles. The molecule has 2 atom stereocenters. The number of nitrogens with one attached hydrogen (secondary N) is 3. The largest absolute Gasteiger partial charge is 0.358 e. The number of nitriles is 1. The quantitative estimate of drug-likeness (QED) is 0.301. The van der Waals surface area contributed by atoms with Crippen molar-refractivity contribution in [3.05, 3.63) is 102 Å². The summed E-state index contributed by atoms with van der Waals surface area (Å²) in [6.45, 7) is 2.77. The first-order valence-electron chi connectivity index (χ1n) is 12.3. The maximum Gasteiger partial charge on any atom is 0.247 e. The summed E-state index contributed by atoms with van der Waals surface area (Å²) in [6, 6.07) is 22.2. The summed E-state index contributed by atoms with van der Waals surface area (Å²) in [6.07, 6.45) is 5.10. The standard InChI is InChI=1S/C29H29N7O2/c1-20(22-10-8-21(14-30)9-11-22)15-33-28(23-6-4-3-5-7-23)29(38)35-26-13-12-24(16-32-26)25-17-34-36(18-25)19-27(37)31-2/h3-13,16-18,20,28,33H,15,19H2,1-2H3,(H,31,37)(H,32,35,38)/t20-,28?/m1/s1. The van der Waals surface area contributed by atoms with E-state index in [0.29, 0.717) is 17.9 Å². The van der Waals surface area contributed by atoms with Crippen LogP contribution in [0.4, 0.5) is 5.82 Å². The first-order valence-corrected chi connectivity index (χ1v) is 12.3. The lowest BCUT2D eigenvalue weighted by atomic mass is 9.98. The van der Waals surface area contributed by atoms with Gasteiger partial charge in [-0.25, -0.2) is 4.98 Å². The van der Waals surface area contributed by atoms with Crippen LogP contribution in [0.5, 0.6) is 0 Å². The smallest absolute Gasteiger partial charge is 0.247 e. The molecule has 2 amide bonds. The summed E-state index contributed by atoms with van der Waals surface area (Å²) in [5, 5.41) is 22.1. The minimum absolute atomic E-state index is 0.128. The zero-order valence-corrected chi connectivity index (χ0v) is 21.3. The zero-order chi connectivity index (χ0) is 26.9. The van der Waals surface area contributed by atoms with Crippen LogP contribution in [0.3, 0.4) is 0 Å². The summed E-state index contributed by atoms with van der Waals surface area (Å²) >= 11 is 0. The number of benzene rings is 2. The lowest BCUT2D eigenvalue weighted by Gasteiger charge is -2.21. The van der Waals surface area contributed by atoms with Crippen LogP contribution in [0.2, 0.25) is 0 Å². The average Bonchev–Trinajstić information content (AvgIpc) is 3.42. The molecule has 4 aromatic rings. The van der Waals surface area contributed by atoms with Crippen LogP contribution in [-0.4, -0.2) is 40.2 Å². The third-order valence-corrected chi connectivity index (χ3v) is 6.20. The van der Waals surface area contributed by atoms with Crippen LogP contribution in [-0.2, 0) is 16.1 Å². The molecule has 0 fully saturated rings. The molecular weight excluding hydrogens is 478 g/mol. The predicted octanol–water partition coefficient (Wildman–Crippen LogP) is 3.64. The highest BCUT2D eigenvalue weighted by Crippen LogP contribution is 2.22. The Bertz CT molecular complexity index is 1410. The van der Waals surface area contributed by atoms with Crippen molar-refractivity contribution < 1.29 is 9.59 Å². The Morgan fingerprint density at radius 3 is 2.39 bits per heavy atom. The molecule has 38 heavy (non-hydrogen) atoms. The summed E-state index contributed by atoms with van der Waals surface area (Å²) in [5.41, 5.74) is 4.18. The number of carbonyl (C=O) groups is 2. The number of likely N-dealkylation sites (N-methyl/N-ethyl adjacent to an activating group) is 1. The minimum Gasteiger partial charge on any atom is -0.358 e. The highest BCUT2D eigenvalue weighted by molar-refractivity contribution is 5.95. The van der Waals surface area contributed by atoms with Gasteiger partial charge in [-0.15, -0.1) is 0 Å². The van der Waals surface area contributed by atoms with Crippen molar-refractivity contribution in [2.75, 3.05) is 18.9 Å². The van der Waals surface area contributed by atoms with Crippen LogP contribution < -0.4 is 16.0 Å². The monoisotopic (exact) mass is 507 g/mol. The van der Waals surface area contributed by atoms with Crippen LogP contribution in [0.15, 0.2) is 85.3 Å². The number of hydrogen-bond donors (Lipinski definition) is 3. The summed E-state index contributed by atoms with van der Waals surface area (Å²) in [4.78, 5) is 29.3. The maximum atomic E-state index is 13.3. The number of anilines is 1. The van der Waals surface area contributed by atoms with Crippen molar-refractivity contribution in [2.45, 2.75) is 25.4 Å². The van der Waals surface area contributed by atoms with Gasteiger partial charge in [0.25, 0.3) is 0 Å². The second-order valence-electron chi connectivity index (χ2n) is 8.91. The van der Waals surface area contributed by atoms with Crippen molar-refractivity contribution in [2.24, 2.45) is 0 Å². The van der Waals surface area contributed by atoms with Crippen LogP contribution in [0.1, 0.15) is 35.6 Å². The Morgan fingerprint density at radius 1 is 0.974 bits per heavy atom. The SMILES string of the molecule is CNC(=O)Cn1cc(-c2ccc(NC(=O)C(NC[C@@H](C)c3ccc(C#N)cc3)c3ccccc3)nc2)cn1. The van der Waals surface area contributed by atoms with E-state index in [9.17, 15) is 9.59 Å². The highest BCUT2D eigenvalue weighted by atomic mass is 16.2. The fraction of sp³-hybridized carbons (Fsp3) is 0.207. The van der Waals surface area contributed by atoms with Gasteiger partial charge < -0.3 is 16.0 Å². The molecule has 0 saturated heterocycles. The third-order valence-electron chi connectivity index (χ3n) is 6.20. The van der Waals surface area contributed by atoms with E-state index in [1.807, 2.05) is 48.5 Å². The Kier molecular flexibility index (Phi) is 8.59. The van der Waals surface area contributed by atoms with Crippen LogP contribution >= 0.6 is 0 Å². The molecule has 9 heteroatoms. The van der Waals surface area contributed by atoms with Gasteiger partial charge in [0.1, 0.15) is 18.4 Å². The van der Waals surface area contributed by atoms with Gasteiger partial charge in [0.15, 0.2) is 0 Å². The molecule has 0 radical (unpaired) electrons. The van der Waals surface area contributed by atoms with Gasteiger partial charge in [-0.05, 0) is 41.3 Å². The van der Waals surface area contributed by atoms with E-state index >= 15 is 0 Å². The van der Waals surface area contributed by atoms with E-state index in [1.165, 1.54) is 0 Å². The minimum atomic E-state index is -0.582. The third kappa shape index (κ3) is 6.69. The van der Waals surface area contributed by atoms with Crippen molar-refractivity contribution in [3.8, 4) is 17.2 Å². The molecule has 3 N–H and O–H groups in total. The number of nitrogens with zero attached hydrogens (tertiary/aromatic N) is 4. The van der Waals surface area contributed by atoms with E-state index in [1.54, 1.807) is 48.5 Å². The number of rotatable bonds is 10. The van der Waals surface area contributed by atoms with Crippen molar-refractivity contribution in [3.63, 3.8) is 0 Å². The zero-order valence-electron chi connectivity index (χ0n) is 21.3. The molecule has 0 saturated carbocycles. The maximum absolute atomic E-state index is 13.3. The van der Waals surface area contributed by atoms with Gasteiger partial charge in [0.2, 0.25) is 11.8 Å². The van der Waals surface area contributed by atoms with Crippen molar-refractivity contribution in [1.29, 1.82) is 5.26 Å². The van der Waals surface area contributed by atoms with E-state index in [2.05, 4.69) is 39.0 Å². The van der Waals surface area contributed by atoms with Crippen molar-refractivity contribution in [1.82, 2.24) is 25.4 Å². The predicted molar refractivity (Wildman–Crippen MR) is 145 cm³/mol. The number of pyridine rings is 1. The lowest BCUT2D eigenvalue weighted by Crippen LogP contribution is -2.35. The number of amides is 2. The molecular formula is C29H29N7O2. The van der Waals surface area contributed by atoms with E-state index in [0.717, 1.165) is 22.3 Å². The molecule has 0 aliphatic carbocycles. The molecule has 2 heterocycles. The van der Waals surface area contributed by atoms with Gasteiger partial charge in [-0.3, -0.25) is 14.3 Å². The normalized spacial score (nSPS) is 12.2. The second-order valence-corrected chi connectivity index (χ2v) is 8.91. The average molecular weight is 508 g/mol. The van der Waals surface area contributed by atoms with E-state index < -0.39 is 6.04 Å². The van der Waals surface area contributed by atoms with Crippen LogP contribution in [0.25, 0.3) is 11.1 Å². The highest BCUT2D eigenvalue weighted by Gasteiger charge is 2.22. The van der Waals surface area contributed by atoms with Gasteiger partial charge in [-0.2, -0.15) is 10.4 Å². The van der Waals surface area contributed by atoms with Gasteiger partial charge in [0, 0.05) is 37.1 Å². The molecule has 192 valence electrons. The Labute approximate surface area is 221 Å². The topological polar surface area (TPSA) is 125 Å². The van der Waals surface area contributed by atoms with Gasteiger partial charge in [-0.1, -0.05) is 49.4 Å². The van der Waals surface area contributed by atoms with E-state index in [-0.39, 0.29) is 24.3 Å². The van der Waals surface area contributed by atoms with Crippen LogP contribution in [0, 0.1) is 11.3 Å². The molecule has 9 nitrogen and oxygen atoms in total. The number of hydrogen-bond acceptors (Lipinski definition) is 6. The first kappa shape index (κ1) is 26.3. The molecule has 0 spiro atoms. The first-order chi connectivity index (χ1) is 18.5. The van der Waals surface area contributed by atoms with Crippen molar-refractivity contribution >= 4 is 17.6 Å². The lowest BCUT2D eigenvalue weighted by molar-refractivity contribution is -0.121. The summed E-state index contributed by atoms with van der Waals surface area (Å²) < 4.78 is 1.55. The Balaban J connectivity index is 1.43. The van der Waals surface area contributed by atoms with E-state index in [4.69, 9.17) is 5.26 Å². The molecule has 0 bridgehead atoms. The molecule has 2 aromatic heterocycles. The molecule has 0 aliphatic rings. The fourth-order valence-electron chi connectivity index (χ4n) is 3.97. The fourth-order valence-corrected chi connectivity index (χ4v) is 3.97. The number of carbonyl (C=O) groups excluding carboxylic acids is 2. The second kappa shape index (κ2) is 12.4. The summed E-state index contributed by atoms with van der Waals surface area (Å²) in [7, 11) is 1.58. The molecule has 4 rings (SSSR count). The van der Waals surface area contributed by atoms with Gasteiger partial charge >= 0.3 is 0 Å². The van der Waals surface area contributed by atoms with Gasteiger partial charge in [0.05, 0.1) is 17.8 Å². The molecule has 0 aliphatic heterocycles. The summed E-state index contributed by atoms with van der Waals surface area (Å²) in [5.74, 6) is 0.202. The Hall–Kier alpha value is -4.81. The Morgan fingerprint density at radius 2 is 1.74 bits per heavy atom. The number of aromatic nitrogens is 3. The molecule has 1 unspecified atom stereocenters.